The molecule has 4 bridgehead atoms. The summed E-state index contributed by atoms with van der Waals surface area (Å²) in [6, 6.07) is 5.21. The first-order valence-corrected chi connectivity index (χ1v) is 12.8. The van der Waals surface area contributed by atoms with E-state index in [4.69, 9.17) is 4.74 Å². The molecule has 6 nitrogen and oxygen atoms in total. The van der Waals surface area contributed by atoms with E-state index in [1.165, 1.54) is 17.4 Å². The number of amides is 1. The van der Waals surface area contributed by atoms with Crippen LogP contribution in [0.15, 0.2) is 12.1 Å². The van der Waals surface area contributed by atoms with Crippen LogP contribution in [0.1, 0.15) is 79.6 Å². The minimum absolute atomic E-state index is 0.0000864. The third-order valence-electron chi connectivity index (χ3n) is 9.46. The Hall–Kier alpha value is -2.62. The number of carboxylic acid groups (broad SMARTS) is 1. The summed E-state index contributed by atoms with van der Waals surface area (Å²) >= 11 is 0. The molecule has 6 atom stereocenters. The van der Waals surface area contributed by atoms with Crippen molar-refractivity contribution < 1.29 is 23.8 Å². The van der Waals surface area contributed by atoms with E-state index in [0.717, 1.165) is 50.0 Å². The predicted molar refractivity (Wildman–Crippen MR) is 121 cm³/mol. The van der Waals surface area contributed by atoms with Gasteiger partial charge in [-0.1, -0.05) is 0 Å². The molecule has 1 aliphatic heterocycles. The Morgan fingerprint density at radius 1 is 1.21 bits per heavy atom. The molecule has 0 aromatic heterocycles. The van der Waals surface area contributed by atoms with Crippen LogP contribution in [0.3, 0.4) is 0 Å². The average Bonchev–Trinajstić information content (AvgIpc) is 3.43. The summed E-state index contributed by atoms with van der Waals surface area (Å²) in [5.74, 6) is 0.832. The molecule has 1 N–H and O–H groups in total. The van der Waals surface area contributed by atoms with Gasteiger partial charge in [0.2, 0.25) is 0 Å². The molecular weight excluding hydrogens is 435 g/mol. The number of carbonyl (C=O) groups excluding carboxylic acids is 1. The van der Waals surface area contributed by atoms with Gasteiger partial charge in [0, 0.05) is 18.7 Å². The lowest BCUT2D eigenvalue weighted by molar-refractivity contribution is -0.137. The second-order valence-electron chi connectivity index (χ2n) is 11.3. The van der Waals surface area contributed by atoms with E-state index < -0.39 is 29.2 Å². The highest BCUT2D eigenvalue weighted by atomic mass is 19.1. The van der Waals surface area contributed by atoms with Crippen LogP contribution in [0.4, 0.5) is 4.39 Å². The van der Waals surface area contributed by atoms with Crippen LogP contribution in [-0.4, -0.2) is 41.1 Å². The number of likely N-dealkylation sites (tertiary alicyclic amines) is 1. The summed E-state index contributed by atoms with van der Waals surface area (Å²) in [5, 5.41) is 19.4. The number of halogens is 1. The number of rotatable bonds is 7. The number of hydrogen-bond acceptors (Lipinski definition) is 4. The summed E-state index contributed by atoms with van der Waals surface area (Å²) in [4.78, 5) is 25.9. The monoisotopic (exact) mass is 466 g/mol. The highest BCUT2D eigenvalue weighted by Gasteiger charge is 2.63. The van der Waals surface area contributed by atoms with Crippen molar-refractivity contribution in [2.24, 2.45) is 29.1 Å². The molecule has 5 unspecified atom stereocenters. The summed E-state index contributed by atoms with van der Waals surface area (Å²) < 4.78 is 21.5. The third kappa shape index (κ3) is 3.40. The van der Waals surface area contributed by atoms with Gasteiger partial charge in [-0.05, 0) is 92.6 Å². The lowest BCUT2D eigenvalue weighted by atomic mass is 9.65. The number of aliphatic carboxylic acids is 1. The molecule has 1 saturated heterocycles. The lowest BCUT2D eigenvalue weighted by Gasteiger charge is -2.39. The fraction of sp³-hybridized carbons (Fsp3) is 0.667. The van der Waals surface area contributed by atoms with Crippen LogP contribution in [0.25, 0.3) is 0 Å². The maximum absolute atomic E-state index is 15.3. The number of nitrogens with zero attached hydrogens (tertiary/aromatic N) is 2. The molecule has 6 fully saturated rings. The smallest absolute Gasteiger partial charge is 0.305 e. The lowest BCUT2D eigenvalue weighted by Crippen LogP contribution is -2.40. The van der Waals surface area contributed by atoms with Crippen LogP contribution in [0.5, 0.6) is 5.75 Å². The van der Waals surface area contributed by atoms with Crippen LogP contribution in [0.2, 0.25) is 0 Å². The summed E-state index contributed by atoms with van der Waals surface area (Å²) in [6.45, 7) is 0.740. The van der Waals surface area contributed by atoms with Gasteiger partial charge in [0.15, 0.2) is 0 Å². The molecule has 0 spiro atoms. The first-order chi connectivity index (χ1) is 16.4. The minimum Gasteiger partial charge on any atom is -0.491 e. The average molecular weight is 467 g/mol. The molecule has 5 aliphatic carbocycles. The zero-order valence-corrected chi connectivity index (χ0v) is 19.3. The van der Waals surface area contributed by atoms with Crippen molar-refractivity contribution in [2.45, 2.75) is 69.7 Å². The van der Waals surface area contributed by atoms with Crippen molar-refractivity contribution in [3.63, 3.8) is 0 Å². The molecule has 34 heavy (non-hydrogen) atoms. The molecule has 1 aromatic carbocycles. The highest BCUT2D eigenvalue weighted by molar-refractivity contribution is 5.95. The van der Waals surface area contributed by atoms with Gasteiger partial charge < -0.3 is 14.7 Å². The second kappa shape index (κ2) is 7.96. The first kappa shape index (κ1) is 21.9. The largest absolute Gasteiger partial charge is 0.491 e. The van der Waals surface area contributed by atoms with Crippen molar-refractivity contribution >= 4 is 11.9 Å². The van der Waals surface area contributed by atoms with E-state index in [1.807, 2.05) is 0 Å². The van der Waals surface area contributed by atoms with Gasteiger partial charge in [-0.25, -0.2) is 4.39 Å². The molecule has 180 valence electrons. The van der Waals surface area contributed by atoms with Crippen LogP contribution < -0.4 is 4.74 Å². The Kier molecular flexibility index (Phi) is 5.13. The van der Waals surface area contributed by atoms with E-state index in [-0.39, 0.29) is 17.9 Å². The molecule has 6 aliphatic rings. The van der Waals surface area contributed by atoms with E-state index >= 15 is 4.39 Å². The molecule has 1 aromatic rings. The topological polar surface area (TPSA) is 90.6 Å². The Bertz CT molecular complexity index is 1080. The number of hydrogen-bond donors (Lipinski definition) is 1. The second-order valence-corrected chi connectivity index (χ2v) is 11.3. The Balaban J connectivity index is 1.25. The summed E-state index contributed by atoms with van der Waals surface area (Å²) in [7, 11) is 0. The fourth-order valence-corrected chi connectivity index (χ4v) is 7.79. The first-order valence-electron chi connectivity index (χ1n) is 12.8. The van der Waals surface area contributed by atoms with Gasteiger partial charge >= 0.3 is 5.97 Å². The fourth-order valence-electron chi connectivity index (χ4n) is 7.79. The van der Waals surface area contributed by atoms with Crippen LogP contribution >= 0.6 is 0 Å². The maximum atomic E-state index is 15.3. The Morgan fingerprint density at radius 2 is 2.03 bits per heavy atom. The van der Waals surface area contributed by atoms with Gasteiger partial charge in [-0.15, -0.1) is 0 Å². The van der Waals surface area contributed by atoms with E-state index in [0.29, 0.717) is 43.1 Å². The molecule has 1 heterocycles. The zero-order chi connectivity index (χ0) is 23.6. The quantitative estimate of drug-likeness (QED) is 0.627. The molecule has 1 amide bonds. The van der Waals surface area contributed by atoms with Crippen molar-refractivity contribution in [1.82, 2.24) is 4.90 Å². The van der Waals surface area contributed by atoms with Gasteiger partial charge in [-0.2, -0.15) is 5.26 Å². The molecule has 5 saturated carbocycles. The Labute approximate surface area is 199 Å². The summed E-state index contributed by atoms with van der Waals surface area (Å²) in [6.07, 6.45) is 7.74. The zero-order valence-electron chi connectivity index (χ0n) is 19.3. The van der Waals surface area contributed by atoms with E-state index in [1.54, 1.807) is 6.07 Å². The van der Waals surface area contributed by atoms with Crippen LogP contribution in [0, 0.1) is 46.2 Å². The van der Waals surface area contributed by atoms with E-state index in [9.17, 15) is 20.0 Å². The maximum Gasteiger partial charge on any atom is 0.305 e. The van der Waals surface area contributed by atoms with Crippen LogP contribution in [-0.2, 0) is 4.79 Å². The number of nitriles is 1. The van der Waals surface area contributed by atoms with Crippen molar-refractivity contribution in [3.05, 3.63) is 29.1 Å². The van der Waals surface area contributed by atoms with Gasteiger partial charge in [0.25, 0.3) is 5.91 Å². The molecule has 7 heteroatoms. The van der Waals surface area contributed by atoms with Gasteiger partial charge in [0.1, 0.15) is 18.2 Å². The number of carboxylic acids is 1. The van der Waals surface area contributed by atoms with Gasteiger partial charge in [0.05, 0.1) is 23.5 Å². The molecular formula is C27H31FN2O4. The van der Waals surface area contributed by atoms with Crippen molar-refractivity contribution in [3.8, 4) is 11.8 Å². The third-order valence-corrected chi connectivity index (χ3v) is 9.46. The predicted octanol–water partition coefficient (Wildman–Crippen LogP) is 4.74. The van der Waals surface area contributed by atoms with Gasteiger partial charge in [-0.3, -0.25) is 9.59 Å². The number of benzene rings is 1. The number of carbonyl (C=O) groups is 2. The summed E-state index contributed by atoms with van der Waals surface area (Å²) in [5.41, 5.74) is 0.364. The molecule has 0 radical (unpaired) electrons. The SMILES string of the molecule is N#CC1(COc2cc(F)c(C(=O)N3CCC[C@H]3CC(=O)O)cc2C2CC2)C2CC3CC(C2)C1C3. The molecule has 7 rings (SSSR count). The van der Waals surface area contributed by atoms with Crippen molar-refractivity contribution in [1.29, 1.82) is 5.26 Å². The normalized spacial score (nSPS) is 35.5. The standard InChI is InChI=1S/C27H31FN2O4/c28-23-12-24(34-14-27(13-29)18-7-15-6-17(9-18)22(27)8-15)20(16-3-4-16)11-21(23)26(33)30-5-1-2-19(30)10-25(31)32/h11-12,15-19,22H,1-10,14H2,(H,31,32)/t15?,17?,18?,19-,22?,27?/m0/s1. The van der Waals surface area contributed by atoms with E-state index in [2.05, 4.69) is 6.07 Å². The minimum atomic E-state index is -0.951. The Morgan fingerprint density at radius 3 is 2.74 bits per heavy atom. The number of ether oxygens (including phenoxy) is 1. The van der Waals surface area contributed by atoms with Crippen molar-refractivity contribution in [2.75, 3.05) is 13.2 Å². The highest BCUT2D eigenvalue weighted by Crippen LogP contribution is 2.66.